The normalized spacial score (nSPS) is 12.7. The topological polar surface area (TPSA) is 143 Å². The lowest BCUT2D eigenvalue weighted by Gasteiger charge is -2.12. The number of nitrogens with zero attached hydrogens (tertiary/aromatic N) is 4. The summed E-state index contributed by atoms with van der Waals surface area (Å²) in [6, 6.07) is 16.6. The number of nitrogens with one attached hydrogen (secondary N) is 2. The van der Waals surface area contributed by atoms with Crippen LogP contribution in [0.3, 0.4) is 0 Å². The van der Waals surface area contributed by atoms with Crippen LogP contribution in [0.5, 0.6) is 0 Å². The molecule has 2 heterocycles. The Bertz CT molecular complexity index is 1450. The molecule has 11 heteroatoms. The van der Waals surface area contributed by atoms with Gasteiger partial charge < -0.3 is 10.1 Å². The Morgan fingerprint density at radius 2 is 1.89 bits per heavy atom. The van der Waals surface area contributed by atoms with Gasteiger partial charge in [-0.05, 0) is 49.4 Å². The van der Waals surface area contributed by atoms with Crippen molar-refractivity contribution < 1.29 is 13.5 Å². The van der Waals surface area contributed by atoms with Gasteiger partial charge in [-0.25, -0.2) is 22.8 Å². The fraction of sp³-hybridized carbons (Fsp3) is 0.333. The Morgan fingerprint density at radius 3 is 2.66 bits per heavy atom. The number of H-pyrrole nitrogens is 1. The summed E-state index contributed by atoms with van der Waals surface area (Å²) in [7, 11) is -3.74. The van der Waals surface area contributed by atoms with Crippen LogP contribution in [0.25, 0.3) is 11.2 Å². The van der Waals surface area contributed by atoms with Crippen molar-refractivity contribution in [2.75, 3.05) is 13.2 Å². The molecule has 2 aromatic heterocycles. The maximum atomic E-state index is 12.6. The molecule has 0 saturated carbocycles. The largest absolute Gasteiger partial charge is 0.395 e. The van der Waals surface area contributed by atoms with E-state index in [1.165, 1.54) is 17.7 Å². The lowest BCUT2D eigenvalue weighted by molar-refractivity contribution is 0.301. The number of hydrogen-bond donors (Lipinski definition) is 3. The molecular weight excluding hydrogens is 468 g/mol. The standard InChI is InChI=1S/C24H28N6O4S/c1-17(7-5-10-18-8-3-2-4-9-18)30-23-22(28-29-30)24(32)27-21(26-23)16-19-11-6-12-20(15-19)35(33,34)25-13-14-31/h2-4,6,8-9,11-12,15,17,25,31H,5,7,10,13-14,16H2,1H3,(H,26,27,32). The van der Waals surface area contributed by atoms with E-state index in [1.807, 2.05) is 25.1 Å². The van der Waals surface area contributed by atoms with Gasteiger partial charge >= 0.3 is 0 Å². The number of aliphatic hydroxyl groups is 1. The Morgan fingerprint density at radius 1 is 1.11 bits per heavy atom. The van der Waals surface area contributed by atoms with Gasteiger partial charge in [0.1, 0.15) is 5.82 Å². The molecule has 4 rings (SSSR count). The van der Waals surface area contributed by atoms with Crippen LogP contribution in [0.15, 0.2) is 64.3 Å². The van der Waals surface area contributed by atoms with Crippen molar-refractivity contribution >= 4 is 21.2 Å². The van der Waals surface area contributed by atoms with E-state index in [0.717, 1.165) is 19.3 Å². The van der Waals surface area contributed by atoms with Crippen LogP contribution in [0.4, 0.5) is 0 Å². The van der Waals surface area contributed by atoms with Gasteiger partial charge in [-0.3, -0.25) is 4.79 Å². The zero-order chi connectivity index (χ0) is 24.8. The summed E-state index contributed by atoms with van der Waals surface area (Å²) < 4.78 is 28.7. The van der Waals surface area contributed by atoms with Crippen molar-refractivity contribution in [1.29, 1.82) is 0 Å². The average molecular weight is 497 g/mol. The SMILES string of the molecule is CC(CCCc1ccccc1)n1nnc2c(=O)[nH]c(Cc3cccc(S(=O)(=O)NCCO)c3)nc21. The smallest absolute Gasteiger partial charge is 0.281 e. The lowest BCUT2D eigenvalue weighted by Crippen LogP contribution is -2.26. The maximum Gasteiger partial charge on any atom is 0.281 e. The second-order valence-electron chi connectivity index (χ2n) is 8.39. The first-order valence-electron chi connectivity index (χ1n) is 11.4. The summed E-state index contributed by atoms with van der Waals surface area (Å²) in [5.74, 6) is 0.389. The van der Waals surface area contributed by atoms with E-state index in [0.29, 0.717) is 17.0 Å². The van der Waals surface area contributed by atoms with Gasteiger partial charge in [-0.2, -0.15) is 0 Å². The first-order valence-corrected chi connectivity index (χ1v) is 12.9. The zero-order valence-electron chi connectivity index (χ0n) is 19.4. The second kappa shape index (κ2) is 10.9. The molecule has 0 aliphatic carbocycles. The van der Waals surface area contributed by atoms with E-state index < -0.39 is 10.0 Å². The minimum Gasteiger partial charge on any atom is -0.395 e. The van der Waals surface area contributed by atoms with Gasteiger partial charge in [0, 0.05) is 13.0 Å². The van der Waals surface area contributed by atoms with Crippen molar-refractivity contribution in [3.63, 3.8) is 0 Å². The van der Waals surface area contributed by atoms with Crippen LogP contribution < -0.4 is 10.3 Å². The first-order chi connectivity index (χ1) is 16.9. The minimum absolute atomic E-state index is 0.00284. The molecule has 1 unspecified atom stereocenters. The van der Waals surface area contributed by atoms with Gasteiger partial charge in [0.2, 0.25) is 10.0 Å². The van der Waals surface area contributed by atoms with Gasteiger partial charge in [0.25, 0.3) is 5.56 Å². The molecule has 2 aromatic carbocycles. The number of aromatic nitrogens is 5. The molecule has 0 aliphatic rings. The highest BCUT2D eigenvalue weighted by Crippen LogP contribution is 2.19. The Balaban J connectivity index is 1.53. The van der Waals surface area contributed by atoms with Gasteiger partial charge in [-0.1, -0.05) is 47.7 Å². The van der Waals surface area contributed by atoms with Gasteiger partial charge in [0.15, 0.2) is 11.2 Å². The van der Waals surface area contributed by atoms with Crippen LogP contribution in [0, 0.1) is 0 Å². The van der Waals surface area contributed by atoms with Gasteiger partial charge in [0.05, 0.1) is 17.5 Å². The van der Waals surface area contributed by atoms with Crippen molar-refractivity contribution in [3.05, 3.63) is 81.9 Å². The first kappa shape index (κ1) is 24.7. The Hall–Kier alpha value is -3.41. The van der Waals surface area contributed by atoms with Crippen LogP contribution >= 0.6 is 0 Å². The molecule has 10 nitrogen and oxygen atoms in total. The van der Waals surface area contributed by atoms with Crippen molar-refractivity contribution in [2.24, 2.45) is 0 Å². The fourth-order valence-corrected chi connectivity index (χ4v) is 5.01. The number of aromatic amines is 1. The molecule has 184 valence electrons. The predicted molar refractivity (Wildman–Crippen MR) is 132 cm³/mol. The Kier molecular flexibility index (Phi) is 7.69. The minimum atomic E-state index is -3.74. The summed E-state index contributed by atoms with van der Waals surface area (Å²) >= 11 is 0. The second-order valence-corrected chi connectivity index (χ2v) is 10.2. The highest BCUT2D eigenvalue weighted by molar-refractivity contribution is 7.89. The number of hydrogen-bond acceptors (Lipinski definition) is 7. The molecule has 4 aromatic rings. The van der Waals surface area contributed by atoms with E-state index in [-0.39, 0.29) is 41.6 Å². The van der Waals surface area contributed by atoms with Crippen molar-refractivity contribution in [2.45, 2.75) is 43.5 Å². The number of benzene rings is 2. The van der Waals surface area contributed by atoms with Crippen molar-refractivity contribution in [3.8, 4) is 0 Å². The van der Waals surface area contributed by atoms with E-state index in [9.17, 15) is 13.2 Å². The third-order valence-electron chi connectivity index (χ3n) is 5.72. The van der Waals surface area contributed by atoms with E-state index in [1.54, 1.807) is 16.8 Å². The quantitative estimate of drug-likeness (QED) is 0.288. The molecule has 0 aliphatic heterocycles. The molecule has 0 spiro atoms. The van der Waals surface area contributed by atoms with Crippen LogP contribution in [-0.2, 0) is 22.9 Å². The number of rotatable bonds is 11. The monoisotopic (exact) mass is 496 g/mol. The van der Waals surface area contributed by atoms with Crippen LogP contribution in [0.1, 0.15) is 42.8 Å². The molecule has 0 radical (unpaired) electrons. The summed E-state index contributed by atoms with van der Waals surface area (Å²) in [6.07, 6.45) is 2.97. The molecule has 1 atom stereocenters. The fourth-order valence-electron chi connectivity index (χ4n) is 3.91. The van der Waals surface area contributed by atoms with E-state index in [4.69, 9.17) is 5.11 Å². The molecule has 0 bridgehead atoms. The number of aryl methyl sites for hydroxylation is 1. The molecule has 0 amide bonds. The zero-order valence-corrected chi connectivity index (χ0v) is 20.2. The summed E-state index contributed by atoms with van der Waals surface area (Å²) in [6.45, 7) is 1.66. The van der Waals surface area contributed by atoms with E-state index >= 15 is 0 Å². The van der Waals surface area contributed by atoms with Crippen LogP contribution in [-0.4, -0.2) is 51.6 Å². The summed E-state index contributed by atoms with van der Waals surface area (Å²) in [5.41, 5.74) is 2.13. The highest BCUT2D eigenvalue weighted by atomic mass is 32.2. The summed E-state index contributed by atoms with van der Waals surface area (Å²) in [5, 5.41) is 17.1. The van der Waals surface area contributed by atoms with Gasteiger partial charge in [-0.15, -0.1) is 5.10 Å². The average Bonchev–Trinajstić information content (AvgIpc) is 3.28. The molecule has 0 fully saturated rings. The number of aliphatic hydroxyl groups excluding tert-OH is 1. The maximum absolute atomic E-state index is 12.6. The third-order valence-corrected chi connectivity index (χ3v) is 7.17. The molecule has 3 N–H and O–H groups in total. The number of fused-ring (bicyclic) bond motifs is 1. The predicted octanol–water partition coefficient (Wildman–Crippen LogP) is 1.96. The molecule has 35 heavy (non-hydrogen) atoms. The highest BCUT2D eigenvalue weighted by Gasteiger charge is 2.17. The lowest BCUT2D eigenvalue weighted by atomic mass is 10.1. The van der Waals surface area contributed by atoms with Crippen molar-refractivity contribution in [1.82, 2.24) is 29.7 Å². The number of sulfonamides is 1. The molecular formula is C24H28N6O4S. The molecule has 0 saturated heterocycles. The van der Waals surface area contributed by atoms with E-state index in [2.05, 4.69) is 37.1 Å². The summed E-state index contributed by atoms with van der Waals surface area (Å²) in [4.78, 5) is 20.0. The third kappa shape index (κ3) is 5.99. The Labute approximate surface area is 203 Å². The van der Waals surface area contributed by atoms with Crippen LogP contribution in [0.2, 0.25) is 0 Å².